The van der Waals surface area contributed by atoms with Crippen LogP contribution < -0.4 is 5.73 Å². The molecule has 3 N–H and O–H groups in total. The van der Waals surface area contributed by atoms with E-state index in [1.54, 1.807) is 0 Å². The van der Waals surface area contributed by atoms with Crippen LogP contribution >= 0.6 is 0 Å². The second kappa shape index (κ2) is 4.01. The van der Waals surface area contributed by atoms with E-state index >= 15 is 0 Å². The Bertz CT molecular complexity index is 400. The minimum Gasteiger partial charge on any atom is -0.505 e. The average Bonchev–Trinajstić information content (AvgIpc) is 2.27. The van der Waals surface area contributed by atoms with Crippen LogP contribution in [-0.2, 0) is 5.54 Å². The Balaban J connectivity index is 2.43. The predicted molar refractivity (Wildman–Crippen MR) is 57.0 cm³/mol. The van der Waals surface area contributed by atoms with Crippen LogP contribution in [0.15, 0.2) is 12.1 Å². The smallest absolute Gasteiger partial charge is 0.200 e. The van der Waals surface area contributed by atoms with Gasteiger partial charge in [-0.3, -0.25) is 0 Å². The van der Waals surface area contributed by atoms with E-state index in [0.717, 1.165) is 25.3 Å². The van der Waals surface area contributed by atoms with Gasteiger partial charge in [0.1, 0.15) is 0 Å². The molecule has 2 nitrogen and oxygen atoms in total. The normalized spacial score (nSPS) is 19.7. The van der Waals surface area contributed by atoms with E-state index in [0.29, 0.717) is 18.4 Å². The van der Waals surface area contributed by atoms with Gasteiger partial charge in [-0.1, -0.05) is 25.3 Å². The number of hydrogen-bond acceptors (Lipinski definition) is 2. The molecule has 0 heterocycles. The zero-order valence-corrected chi connectivity index (χ0v) is 8.97. The van der Waals surface area contributed by atoms with Crippen LogP contribution in [0.3, 0.4) is 0 Å². The summed E-state index contributed by atoms with van der Waals surface area (Å²) in [4.78, 5) is 0. The second-order valence-electron chi connectivity index (χ2n) is 4.47. The fourth-order valence-corrected chi connectivity index (χ4v) is 2.39. The lowest BCUT2D eigenvalue weighted by atomic mass is 9.77. The lowest BCUT2D eigenvalue weighted by molar-refractivity contribution is 0.286. The molecule has 0 aliphatic heterocycles. The summed E-state index contributed by atoms with van der Waals surface area (Å²) in [5.74, 6) is -2.88. The van der Waals surface area contributed by atoms with Gasteiger partial charge < -0.3 is 10.8 Å². The number of rotatable bonds is 1. The minimum absolute atomic E-state index is 0.325. The quantitative estimate of drug-likeness (QED) is 0.775. The number of phenols is 1. The summed E-state index contributed by atoms with van der Waals surface area (Å²) >= 11 is 0. The third-order valence-corrected chi connectivity index (χ3v) is 3.35. The molecule has 0 aromatic heterocycles. The Morgan fingerprint density at radius 1 is 1.12 bits per heavy atom. The number of benzene rings is 1. The Kier molecular flexibility index (Phi) is 2.84. The molecule has 2 rings (SSSR count). The molecular weight excluding hydrogens is 212 g/mol. The molecule has 1 fully saturated rings. The standard InChI is InChI=1S/C12H15F2NO/c13-9-5-4-8(11(16)10(9)14)12(15)6-2-1-3-7-12/h4-5,16H,1-3,6-7,15H2. The summed E-state index contributed by atoms with van der Waals surface area (Å²) < 4.78 is 26.1. The molecule has 1 aliphatic rings. The lowest BCUT2D eigenvalue weighted by Crippen LogP contribution is -2.38. The molecule has 1 aromatic carbocycles. The van der Waals surface area contributed by atoms with E-state index < -0.39 is 22.9 Å². The van der Waals surface area contributed by atoms with Gasteiger partial charge in [0, 0.05) is 11.1 Å². The molecule has 0 spiro atoms. The summed E-state index contributed by atoms with van der Waals surface area (Å²) in [6, 6.07) is 2.41. The Morgan fingerprint density at radius 3 is 2.38 bits per heavy atom. The van der Waals surface area contributed by atoms with Crippen LogP contribution in [0.2, 0.25) is 0 Å². The van der Waals surface area contributed by atoms with Crippen LogP contribution in [0.25, 0.3) is 0 Å². The van der Waals surface area contributed by atoms with Crippen LogP contribution in [0.1, 0.15) is 37.7 Å². The van der Waals surface area contributed by atoms with Crippen molar-refractivity contribution in [2.45, 2.75) is 37.6 Å². The van der Waals surface area contributed by atoms with Gasteiger partial charge in [-0.25, -0.2) is 4.39 Å². The highest BCUT2D eigenvalue weighted by Crippen LogP contribution is 2.40. The number of aromatic hydroxyl groups is 1. The van der Waals surface area contributed by atoms with E-state index in [4.69, 9.17) is 5.73 Å². The third-order valence-electron chi connectivity index (χ3n) is 3.35. The van der Waals surface area contributed by atoms with Crippen molar-refractivity contribution in [3.8, 4) is 5.75 Å². The van der Waals surface area contributed by atoms with Gasteiger partial charge in [-0.15, -0.1) is 0 Å². The topological polar surface area (TPSA) is 46.2 Å². The molecule has 0 saturated heterocycles. The Hall–Kier alpha value is -1.16. The summed E-state index contributed by atoms with van der Waals surface area (Å²) in [6.45, 7) is 0. The highest BCUT2D eigenvalue weighted by molar-refractivity contribution is 5.40. The first kappa shape index (κ1) is 11.3. The van der Waals surface area contributed by atoms with E-state index in [2.05, 4.69) is 0 Å². The van der Waals surface area contributed by atoms with Crippen LogP contribution in [0.5, 0.6) is 5.75 Å². The van der Waals surface area contributed by atoms with Gasteiger partial charge in [-0.2, -0.15) is 4.39 Å². The molecule has 16 heavy (non-hydrogen) atoms. The van der Waals surface area contributed by atoms with E-state index in [1.165, 1.54) is 6.07 Å². The molecule has 0 atom stereocenters. The number of phenolic OH excluding ortho intramolecular Hbond substituents is 1. The van der Waals surface area contributed by atoms with Gasteiger partial charge in [0.25, 0.3) is 0 Å². The Labute approximate surface area is 93.1 Å². The highest BCUT2D eigenvalue weighted by atomic mass is 19.2. The average molecular weight is 227 g/mol. The SMILES string of the molecule is NC1(c2ccc(F)c(F)c2O)CCCCC1. The maximum atomic E-state index is 13.2. The molecule has 0 bridgehead atoms. The van der Waals surface area contributed by atoms with Gasteiger partial charge in [0.05, 0.1) is 0 Å². The third kappa shape index (κ3) is 1.78. The van der Waals surface area contributed by atoms with E-state index in [-0.39, 0.29) is 0 Å². The highest BCUT2D eigenvalue weighted by Gasteiger charge is 2.33. The van der Waals surface area contributed by atoms with Crippen LogP contribution in [-0.4, -0.2) is 5.11 Å². The van der Waals surface area contributed by atoms with Crippen LogP contribution in [0, 0.1) is 11.6 Å². The maximum absolute atomic E-state index is 13.2. The summed E-state index contributed by atoms with van der Waals surface area (Å²) in [5, 5.41) is 9.60. The van der Waals surface area contributed by atoms with Crippen molar-refractivity contribution in [1.82, 2.24) is 0 Å². The monoisotopic (exact) mass is 227 g/mol. The van der Waals surface area contributed by atoms with Gasteiger partial charge in [0.15, 0.2) is 11.6 Å². The minimum atomic E-state index is -1.20. The van der Waals surface area contributed by atoms with Gasteiger partial charge >= 0.3 is 0 Å². The fourth-order valence-electron chi connectivity index (χ4n) is 2.39. The van der Waals surface area contributed by atoms with Crippen molar-refractivity contribution in [2.24, 2.45) is 5.73 Å². The second-order valence-corrected chi connectivity index (χ2v) is 4.47. The van der Waals surface area contributed by atoms with Crippen molar-refractivity contribution < 1.29 is 13.9 Å². The molecule has 1 aliphatic carbocycles. The lowest BCUT2D eigenvalue weighted by Gasteiger charge is -2.34. The molecule has 88 valence electrons. The van der Waals surface area contributed by atoms with Crippen molar-refractivity contribution in [3.05, 3.63) is 29.3 Å². The number of nitrogens with two attached hydrogens (primary N) is 1. The Morgan fingerprint density at radius 2 is 1.75 bits per heavy atom. The van der Waals surface area contributed by atoms with E-state index in [1.807, 2.05) is 0 Å². The predicted octanol–water partition coefficient (Wildman–Crippen LogP) is 2.79. The summed E-state index contributed by atoms with van der Waals surface area (Å²) in [7, 11) is 0. The van der Waals surface area contributed by atoms with Crippen molar-refractivity contribution in [3.63, 3.8) is 0 Å². The fraction of sp³-hybridized carbons (Fsp3) is 0.500. The maximum Gasteiger partial charge on any atom is 0.200 e. The van der Waals surface area contributed by atoms with Gasteiger partial charge in [-0.05, 0) is 18.9 Å². The summed E-state index contributed by atoms with van der Waals surface area (Å²) in [5.41, 5.74) is 5.76. The molecule has 0 radical (unpaired) electrons. The van der Waals surface area contributed by atoms with Crippen molar-refractivity contribution in [2.75, 3.05) is 0 Å². The number of hydrogen-bond donors (Lipinski definition) is 2. The number of halogens is 2. The molecule has 4 heteroatoms. The van der Waals surface area contributed by atoms with Crippen molar-refractivity contribution in [1.29, 1.82) is 0 Å². The summed E-state index contributed by atoms with van der Waals surface area (Å²) in [6.07, 6.45) is 4.41. The van der Waals surface area contributed by atoms with Crippen molar-refractivity contribution >= 4 is 0 Å². The molecule has 0 amide bonds. The van der Waals surface area contributed by atoms with E-state index in [9.17, 15) is 13.9 Å². The van der Waals surface area contributed by atoms with Gasteiger partial charge in [0.2, 0.25) is 5.82 Å². The first-order chi connectivity index (χ1) is 7.54. The first-order valence-electron chi connectivity index (χ1n) is 5.51. The molecule has 0 unspecified atom stereocenters. The van der Waals surface area contributed by atoms with Crippen LogP contribution in [0.4, 0.5) is 8.78 Å². The zero-order valence-electron chi connectivity index (χ0n) is 8.97. The molecular formula is C12H15F2NO. The zero-order chi connectivity index (χ0) is 11.8. The first-order valence-corrected chi connectivity index (χ1v) is 5.51. The largest absolute Gasteiger partial charge is 0.505 e. The molecule has 1 aromatic rings. The molecule has 1 saturated carbocycles.